The number of aryl methyl sites for hydroxylation is 1. The number of carbonyl (C=O) groups is 1. The molecule has 0 saturated heterocycles. The maximum Gasteiger partial charge on any atom is 0.273 e. The van der Waals surface area contributed by atoms with Crippen LogP contribution in [0.15, 0.2) is 59.1 Å². The molecular formula is C24H22BrNO5S. The normalized spacial score (nSPS) is 11.0. The molecule has 3 rings (SSSR count). The number of nitro groups is 1. The molecule has 1 aromatic heterocycles. The molecule has 0 saturated carbocycles. The van der Waals surface area contributed by atoms with Gasteiger partial charge in [0.25, 0.3) is 5.69 Å². The first-order chi connectivity index (χ1) is 15.4. The molecule has 0 fully saturated rings. The zero-order chi connectivity index (χ0) is 23.1. The molecule has 0 aliphatic carbocycles. The summed E-state index contributed by atoms with van der Waals surface area (Å²) in [5.41, 5.74) is 1.55. The van der Waals surface area contributed by atoms with Crippen LogP contribution in [-0.4, -0.2) is 17.8 Å². The zero-order valence-corrected chi connectivity index (χ0v) is 20.1. The molecule has 166 valence electrons. The number of ether oxygens (including phenoxy) is 2. The number of allylic oxidation sites excluding steroid dienone is 1. The van der Waals surface area contributed by atoms with E-state index in [1.807, 2.05) is 18.2 Å². The quantitative estimate of drug-likeness (QED) is 0.127. The minimum Gasteiger partial charge on any atom is -0.496 e. The summed E-state index contributed by atoms with van der Waals surface area (Å²) in [5, 5.41) is 10.9. The highest BCUT2D eigenvalue weighted by molar-refractivity contribution is 9.10. The molecule has 1 heterocycles. The third-order valence-electron chi connectivity index (χ3n) is 4.63. The number of nitro benzene ring substituents is 1. The number of thiophene rings is 1. The first-order valence-corrected chi connectivity index (χ1v) is 11.6. The van der Waals surface area contributed by atoms with Crippen LogP contribution in [0.4, 0.5) is 5.69 Å². The van der Waals surface area contributed by atoms with Gasteiger partial charge < -0.3 is 9.47 Å². The summed E-state index contributed by atoms with van der Waals surface area (Å²) in [7, 11) is 1.56. The topological polar surface area (TPSA) is 78.7 Å². The van der Waals surface area contributed by atoms with Crippen molar-refractivity contribution in [3.8, 4) is 11.5 Å². The minimum absolute atomic E-state index is 0.0352. The monoisotopic (exact) mass is 515 g/mol. The molecule has 0 spiro atoms. The number of nitrogens with zero attached hydrogens (tertiary/aromatic N) is 1. The number of hydrogen-bond acceptors (Lipinski definition) is 6. The van der Waals surface area contributed by atoms with E-state index in [9.17, 15) is 14.9 Å². The van der Waals surface area contributed by atoms with Gasteiger partial charge in [-0.05, 0) is 58.3 Å². The molecule has 2 aromatic carbocycles. The van der Waals surface area contributed by atoms with Crippen LogP contribution in [0.25, 0.3) is 6.08 Å². The van der Waals surface area contributed by atoms with Crippen molar-refractivity contribution in [3.05, 3.63) is 90.1 Å². The van der Waals surface area contributed by atoms with E-state index in [4.69, 9.17) is 9.47 Å². The van der Waals surface area contributed by atoms with Crippen molar-refractivity contribution < 1.29 is 19.2 Å². The second-order valence-corrected chi connectivity index (χ2v) is 8.93. The van der Waals surface area contributed by atoms with Crippen LogP contribution in [-0.2, 0) is 13.0 Å². The Morgan fingerprint density at radius 1 is 1.22 bits per heavy atom. The van der Waals surface area contributed by atoms with E-state index in [1.165, 1.54) is 28.3 Å². The largest absolute Gasteiger partial charge is 0.496 e. The number of methoxy groups -OCH3 is 1. The summed E-state index contributed by atoms with van der Waals surface area (Å²) in [6.45, 7) is 2.27. The van der Waals surface area contributed by atoms with Crippen LogP contribution in [0, 0.1) is 10.1 Å². The predicted octanol–water partition coefficient (Wildman–Crippen LogP) is 6.86. The van der Waals surface area contributed by atoms with Crippen molar-refractivity contribution in [3.63, 3.8) is 0 Å². The molecule has 0 aliphatic rings. The molecule has 0 amide bonds. The third kappa shape index (κ3) is 6.05. The van der Waals surface area contributed by atoms with Crippen LogP contribution in [0.2, 0.25) is 0 Å². The lowest BCUT2D eigenvalue weighted by Crippen LogP contribution is -2.00. The van der Waals surface area contributed by atoms with E-state index in [-0.39, 0.29) is 18.1 Å². The average Bonchev–Trinajstić information content (AvgIpc) is 3.17. The van der Waals surface area contributed by atoms with Crippen molar-refractivity contribution >= 4 is 44.8 Å². The van der Waals surface area contributed by atoms with Crippen LogP contribution >= 0.6 is 27.3 Å². The Morgan fingerprint density at radius 3 is 2.75 bits per heavy atom. The molecule has 0 radical (unpaired) electrons. The lowest BCUT2D eigenvalue weighted by atomic mass is 10.1. The molecule has 32 heavy (non-hydrogen) atoms. The van der Waals surface area contributed by atoms with Crippen LogP contribution < -0.4 is 9.47 Å². The van der Waals surface area contributed by atoms with Gasteiger partial charge in [0.15, 0.2) is 5.78 Å². The van der Waals surface area contributed by atoms with Gasteiger partial charge in [-0.3, -0.25) is 14.9 Å². The molecule has 0 N–H and O–H groups in total. The Balaban J connectivity index is 1.74. The Labute approximate surface area is 198 Å². The van der Waals surface area contributed by atoms with E-state index in [2.05, 4.69) is 22.9 Å². The fourth-order valence-corrected chi connectivity index (χ4v) is 4.94. The van der Waals surface area contributed by atoms with E-state index >= 15 is 0 Å². The van der Waals surface area contributed by atoms with Crippen LogP contribution in [0.5, 0.6) is 11.5 Å². The number of non-ortho nitro benzene ring substituents is 1. The third-order valence-corrected chi connectivity index (χ3v) is 6.81. The average molecular weight is 516 g/mol. The zero-order valence-electron chi connectivity index (χ0n) is 17.7. The highest BCUT2D eigenvalue weighted by atomic mass is 79.9. The Bertz CT molecular complexity index is 1160. The number of benzene rings is 2. The summed E-state index contributed by atoms with van der Waals surface area (Å²) >= 11 is 5.04. The van der Waals surface area contributed by atoms with Gasteiger partial charge in [-0.2, -0.15) is 0 Å². The van der Waals surface area contributed by atoms with E-state index in [0.717, 1.165) is 28.4 Å². The molecular weight excluding hydrogens is 494 g/mol. The molecule has 6 nitrogen and oxygen atoms in total. The van der Waals surface area contributed by atoms with Crippen molar-refractivity contribution in [1.82, 2.24) is 0 Å². The summed E-state index contributed by atoms with van der Waals surface area (Å²) in [6.07, 6.45) is 5.27. The van der Waals surface area contributed by atoms with Crippen molar-refractivity contribution in [1.29, 1.82) is 0 Å². The molecule has 0 unspecified atom stereocenters. The number of carbonyl (C=O) groups excluding carboxylic acids is 1. The highest BCUT2D eigenvalue weighted by Gasteiger charge is 2.12. The van der Waals surface area contributed by atoms with Gasteiger partial charge in [0.1, 0.15) is 18.1 Å². The fourth-order valence-electron chi connectivity index (χ4n) is 3.04. The molecule has 0 atom stereocenters. The molecule has 8 heteroatoms. The summed E-state index contributed by atoms with van der Waals surface area (Å²) in [6, 6.07) is 13.4. The van der Waals surface area contributed by atoms with Gasteiger partial charge >= 0.3 is 0 Å². The van der Waals surface area contributed by atoms with Gasteiger partial charge in [-0.1, -0.05) is 31.6 Å². The van der Waals surface area contributed by atoms with Gasteiger partial charge in [0.2, 0.25) is 0 Å². The Hall–Kier alpha value is -2.97. The number of rotatable bonds is 10. The van der Waals surface area contributed by atoms with Crippen molar-refractivity contribution in [2.75, 3.05) is 7.11 Å². The maximum atomic E-state index is 12.6. The molecule has 3 aromatic rings. The smallest absolute Gasteiger partial charge is 0.273 e. The van der Waals surface area contributed by atoms with Crippen molar-refractivity contribution in [2.24, 2.45) is 0 Å². The highest BCUT2D eigenvalue weighted by Crippen LogP contribution is 2.29. The number of halogens is 1. The number of hydrogen-bond donors (Lipinski definition) is 0. The van der Waals surface area contributed by atoms with Crippen molar-refractivity contribution in [2.45, 2.75) is 26.4 Å². The van der Waals surface area contributed by atoms with E-state index < -0.39 is 4.92 Å². The first-order valence-electron chi connectivity index (χ1n) is 9.96. The second kappa shape index (κ2) is 11.1. The Morgan fingerprint density at radius 2 is 2.03 bits per heavy atom. The van der Waals surface area contributed by atoms with Gasteiger partial charge in [0.05, 0.1) is 23.0 Å². The van der Waals surface area contributed by atoms with Gasteiger partial charge in [-0.15, -0.1) is 11.3 Å². The SMILES string of the molecule is CCCc1sc(C(=O)/C=C/c2ccc(OC)c(COc3cccc([N+](=O)[O-])c3)c2)cc1Br. The lowest BCUT2D eigenvalue weighted by Gasteiger charge is -2.11. The fraction of sp³-hybridized carbons (Fsp3) is 0.208. The standard InChI is InChI=1S/C24H22BrNO5S/c1-3-5-23-20(25)14-24(32-23)21(27)10-8-16-9-11-22(30-2)17(12-16)15-31-19-7-4-6-18(13-19)26(28)29/h4,6-14H,3,5,15H2,1-2H3/b10-8+. The molecule has 0 aliphatic heterocycles. The summed E-state index contributed by atoms with van der Waals surface area (Å²) in [5.74, 6) is 0.970. The van der Waals surface area contributed by atoms with Crippen LogP contribution in [0.3, 0.4) is 0 Å². The summed E-state index contributed by atoms with van der Waals surface area (Å²) < 4.78 is 12.1. The first kappa shape index (κ1) is 23.7. The van der Waals surface area contributed by atoms with Crippen LogP contribution in [0.1, 0.15) is 39.0 Å². The minimum atomic E-state index is -0.465. The van der Waals surface area contributed by atoms with Gasteiger partial charge in [0, 0.05) is 21.0 Å². The Kier molecular flexibility index (Phi) is 8.19. The van der Waals surface area contributed by atoms with Gasteiger partial charge in [-0.25, -0.2) is 0 Å². The second-order valence-electron chi connectivity index (χ2n) is 6.94. The summed E-state index contributed by atoms with van der Waals surface area (Å²) in [4.78, 5) is 24.9. The van der Waals surface area contributed by atoms with E-state index in [0.29, 0.717) is 16.4 Å². The lowest BCUT2D eigenvalue weighted by molar-refractivity contribution is -0.384. The number of ketones is 1. The predicted molar refractivity (Wildman–Crippen MR) is 130 cm³/mol. The van der Waals surface area contributed by atoms with E-state index in [1.54, 1.807) is 37.5 Å². The maximum absolute atomic E-state index is 12.6. The molecule has 0 bridgehead atoms.